The molecule has 0 aromatic heterocycles. The van der Waals surface area contributed by atoms with Crippen LogP contribution in [0.4, 0.5) is 10.5 Å². The highest BCUT2D eigenvalue weighted by Crippen LogP contribution is 2.20. The standard InChI is InChI=1S/C11H12ClN3O2/c12-8-3-1-2-4-9(8)14-11(17)15-6-5-13-10(16)7-15/h1-4H,5-7H2,(H,13,16)(H,14,17). The number of rotatable bonds is 1. The molecule has 0 spiro atoms. The molecule has 1 aliphatic rings. The van der Waals surface area contributed by atoms with Gasteiger partial charge in [-0.3, -0.25) is 4.79 Å². The van der Waals surface area contributed by atoms with Crippen molar-refractivity contribution in [3.05, 3.63) is 29.3 Å². The molecule has 2 rings (SSSR count). The Hall–Kier alpha value is -1.75. The van der Waals surface area contributed by atoms with Gasteiger partial charge >= 0.3 is 6.03 Å². The second-order valence-electron chi connectivity index (χ2n) is 3.68. The molecular formula is C11H12ClN3O2. The summed E-state index contributed by atoms with van der Waals surface area (Å²) >= 11 is 5.92. The lowest BCUT2D eigenvalue weighted by Crippen LogP contribution is -2.51. The van der Waals surface area contributed by atoms with Crippen LogP contribution < -0.4 is 10.6 Å². The van der Waals surface area contributed by atoms with Crippen molar-refractivity contribution in [3.8, 4) is 0 Å². The largest absolute Gasteiger partial charge is 0.353 e. The summed E-state index contributed by atoms with van der Waals surface area (Å²) in [4.78, 5) is 24.4. The summed E-state index contributed by atoms with van der Waals surface area (Å²) in [6.45, 7) is 1.06. The number of halogens is 1. The second-order valence-corrected chi connectivity index (χ2v) is 4.09. The number of piperazine rings is 1. The van der Waals surface area contributed by atoms with Gasteiger partial charge in [0.2, 0.25) is 5.91 Å². The highest BCUT2D eigenvalue weighted by Gasteiger charge is 2.21. The predicted octanol–water partition coefficient (Wildman–Crippen LogP) is 1.30. The van der Waals surface area contributed by atoms with Gasteiger partial charge < -0.3 is 15.5 Å². The zero-order valence-corrected chi connectivity index (χ0v) is 9.83. The molecule has 5 nitrogen and oxygen atoms in total. The fraction of sp³-hybridized carbons (Fsp3) is 0.273. The van der Waals surface area contributed by atoms with E-state index in [1.54, 1.807) is 24.3 Å². The van der Waals surface area contributed by atoms with Crippen LogP contribution in [0.5, 0.6) is 0 Å². The maximum atomic E-state index is 11.8. The molecular weight excluding hydrogens is 242 g/mol. The van der Waals surface area contributed by atoms with E-state index in [9.17, 15) is 9.59 Å². The van der Waals surface area contributed by atoms with Crippen molar-refractivity contribution in [2.24, 2.45) is 0 Å². The van der Waals surface area contributed by atoms with Crippen LogP contribution in [-0.2, 0) is 4.79 Å². The Kier molecular flexibility index (Phi) is 3.49. The number of hydrogen-bond acceptors (Lipinski definition) is 2. The van der Waals surface area contributed by atoms with Crippen molar-refractivity contribution in [2.75, 3.05) is 25.0 Å². The van der Waals surface area contributed by atoms with Gasteiger partial charge in [0.1, 0.15) is 6.54 Å². The Balaban J connectivity index is 2.02. The van der Waals surface area contributed by atoms with E-state index in [0.29, 0.717) is 23.8 Å². The van der Waals surface area contributed by atoms with E-state index < -0.39 is 0 Å². The maximum Gasteiger partial charge on any atom is 0.322 e. The van der Waals surface area contributed by atoms with Gasteiger partial charge in [-0.25, -0.2) is 4.79 Å². The van der Waals surface area contributed by atoms with Crippen LogP contribution in [-0.4, -0.2) is 36.5 Å². The molecule has 0 radical (unpaired) electrons. The summed E-state index contributed by atoms with van der Waals surface area (Å²) in [7, 11) is 0. The summed E-state index contributed by atoms with van der Waals surface area (Å²) in [5, 5.41) is 5.81. The molecule has 3 amide bonds. The van der Waals surface area contributed by atoms with E-state index in [1.165, 1.54) is 4.90 Å². The summed E-state index contributed by atoms with van der Waals surface area (Å²) in [6.07, 6.45) is 0. The topological polar surface area (TPSA) is 61.4 Å². The van der Waals surface area contributed by atoms with Crippen molar-refractivity contribution in [3.63, 3.8) is 0 Å². The number of benzene rings is 1. The van der Waals surface area contributed by atoms with Crippen LogP contribution in [0.2, 0.25) is 5.02 Å². The molecule has 0 unspecified atom stereocenters. The Labute approximate surface area is 104 Å². The lowest BCUT2D eigenvalue weighted by molar-refractivity contribution is -0.123. The minimum Gasteiger partial charge on any atom is -0.353 e. The number of nitrogens with one attached hydrogen (secondary N) is 2. The van der Waals surface area contributed by atoms with E-state index in [-0.39, 0.29) is 18.5 Å². The third-order valence-electron chi connectivity index (χ3n) is 2.44. The van der Waals surface area contributed by atoms with Crippen molar-refractivity contribution in [2.45, 2.75) is 0 Å². The van der Waals surface area contributed by atoms with Crippen LogP contribution in [0, 0.1) is 0 Å². The van der Waals surface area contributed by atoms with Gasteiger partial charge in [0.15, 0.2) is 0 Å². The molecule has 1 aromatic carbocycles. The molecule has 90 valence electrons. The number of urea groups is 1. The molecule has 0 atom stereocenters. The molecule has 1 fully saturated rings. The number of nitrogens with zero attached hydrogens (tertiary/aromatic N) is 1. The first-order valence-corrected chi connectivity index (χ1v) is 5.62. The molecule has 17 heavy (non-hydrogen) atoms. The lowest BCUT2D eigenvalue weighted by atomic mass is 10.3. The lowest BCUT2D eigenvalue weighted by Gasteiger charge is -2.26. The minimum atomic E-state index is -0.312. The normalized spacial score (nSPS) is 15.4. The summed E-state index contributed by atoms with van der Waals surface area (Å²) in [5.41, 5.74) is 0.546. The van der Waals surface area contributed by atoms with Crippen molar-refractivity contribution >= 4 is 29.2 Å². The predicted molar refractivity (Wildman–Crippen MR) is 65.1 cm³/mol. The SMILES string of the molecule is O=C1CN(C(=O)Nc2ccccc2Cl)CCN1. The van der Waals surface area contributed by atoms with E-state index in [0.717, 1.165) is 0 Å². The van der Waals surface area contributed by atoms with E-state index in [4.69, 9.17) is 11.6 Å². The minimum absolute atomic E-state index is 0.0796. The van der Waals surface area contributed by atoms with Gasteiger partial charge in [-0.2, -0.15) is 0 Å². The fourth-order valence-corrected chi connectivity index (χ4v) is 1.75. The first kappa shape index (κ1) is 11.7. The number of carbonyl (C=O) groups is 2. The Morgan fingerprint density at radius 3 is 2.88 bits per heavy atom. The number of carbonyl (C=O) groups excluding carboxylic acids is 2. The second kappa shape index (κ2) is 5.05. The van der Waals surface area contributed by atoms with Crippen molar-refractivity contribution < 1.29 is 9.59 Å². The molecule has 1 heterocycles. The molecule has 2 N–H and O–H groups in total. The van der Waals surface area contributed by atoms with E-state index >= 15 is 0 Å². The molecule has 0 bridgehead atoms. The quantitative estimate of drug-likeness (QED) is 0.793. The van der Waals surface area contributed by atoms with Gasteiger partial charge in [0.25, 0.3) is 0 Å². The Bertz CT molecular complexity index is 450. The Morgan fingerprint density at radius 1 is 1.41 bits per heavy atom. The van der Waals surface area contributed by atoms with Crippen LogP contribution in [0.15, 0.2) is 24.3 Å². The smallest absolute Gasteiger partial charge is 0.322 e. The highest BCUT2D eigenvalue weighted by atomic mass is 35.5. The van der Waals surface area contributed by atoms with E-state index in [2.05, 4.69) is 10.6 Å². The molecule has 6 heteroatoms. The zero-order valence-electron chi connectivity index (χ0n) is 9.07. The number of hydrogen-bond donors (Lipinski definition) is 2. The molecule has 1 aromatic rings. The van der Waals surface area contributed by atoms with E-state index in [1.807, 2.05) is 0 Å². The van der Waals surface area contributed by atoms with Gasteiger partial charge in [-0.05, 0) is 12.1 Å². The third-order valence-corrected chi connectivity index (χ3v) is 2.77. The number of amides is 3. The average Bonchev–Trinajstić information content (AvgIpc) is 2.32. The van der Waals surface area contributed by atoms with Crippen LogP contribution in [0.3, 0.4) is 0 Å². The van der Waals surface area contributed by atoms with Crippen molar-refractivity contribution in [1.82, 2.24) is 10.2 Å². The third kappa shape index (κ3) is 2.88. The van der Waals surface area contributed by atoms with Crippen LogP contribution in [0.1, 0.15) is 0 Å². The number of anilines is 1. The maximum absolute atomic E-state index is 11.8. The fourth-order valence-electron chi connectivity index (χ4n) is 1.57. The Morgan fingerprint density at radius 2 is 2.18 bits per heavy atom. The molecule has 1 aliphatic heterocycles. The van der Waals surface area contributed by atoms with Gasteiger partial charge in [0, 0.05) is 13.1 Å². The summed E-state index contributed by atoms with van der Waals surface area (Å²) in [6, 6.07) is 6.66. The first-order valence-electron chi connectivity index (χ1n) is 5.24. The van der Waals surface area contributed by atoms with Crippen LogP contribution in [0.25, 0.3) is 0 Å². The molecule has 1 saturated heterocycles. The van der Waals surface area contributed by atoms with Gasteiger partial charge in [-0.15, -0.1) is 0 Å². The zero-order chi connectivity index (χ0) is 12.3. The van der Waals surface area contributed by atoms with Gasteiger partial charge in [-0.1, -0.05) is 23.7 Å². The molecule has 0 aliphatic carbocycles. The summed E-state index contributed by atoms with van der Waals surface area (Å²) in [5.74, 6) is -0.148. The number of para-hydroxylation sites is 1. The summed E-state index contributed by atoms with van der Waals surface area (Å²) < 4.78 is 0. The first-order chi connectivity index (χ1) is 8.16. The molecule has 0 saturated carbocycles. The highest BCUT2D eigenvalue weighted by molar-refractivity contribution is 6.33. The monoisotopic (exact) mass is 253 g/mol. The van der Waals surface area contributed by atoms with Gasteiger partial charge in [0.05, 0.1) is 10.7 Å². The van der Waals surface area contributed by atoms with Crippen LogP contribution >= 0.6 is 11.6 Å². The van der Waals surface area contributed by atoms with Crippen molar-refractivity contribution in [1.29, 1.82) is 0 Å². The average molecular weight is 254 g/mol.